The normalized spacial score (nSPS) is 11.1. The summed E-state index contributed by atoms with van der Waals surface area (Å²) < 4.78 is 10.2. The Balaban J connectivity index is 1.51. The predicted octanol–water partition coefficient (Wildman–Crippen LogP) is 2.75. The van der Waals surface area contributed by atoms with Gasteiger partial charge >= 0.3 is 11.8 Å². The van der Waals surface area contributed by atoms with Gasteiger partial charge in [-0.15, -0.1) is 0 Å². The lowest BCUT2D eigenvalue weighted by atomic mass is 10.1. The summed E-state index contributed by atoms with van der Waals surface area (Å²) in [6, 6.07) is 7.72. The minimum atomic E-state index is -0.445. The maximum absolute atomic E-state index is 12.2. The lowest BCUT2D eigenvalue weighted by Gasteiger charge is -2.00. The fourth-order valence-electron chi connectivity index (χ4n) is 2.62. The van der Waals surface area contributed by atoms with Gasteiger partial charge in [-0.2, -0.15) is 4.98 Å². The van der Waals surface area contributed by atoms with Crippen LogP contribution in [-0.2, 0) is 6.54 Å². The molecule has 3 aromatic heterocycles. The van der Waals surface area contributed by atoms with Crippen molar-refractivity contribution in [1.82, 2.24) is 25.6 Å². The fourth-order valence-corrected chi connectivity index (χ4v) is 2.62. The number of fused-ring (bicyclic) bond motifs is 1. The number of nitrogens with zero attached hydrogens (tertiary/aromatic N) is 3. The number of benzene rings is 1. The summed E-state index contributed by atoms with van der Waals surface area (Å²) in [6.07, 6.45) is 1.86. The minimum absolute atomic E-state index is 0.0895. The highest BCUT2D eigenvalue weighted by molar-refractivity contribution is 5.90. The summed E-state index contributed by atoms with van der Waals surface area (Å²) in [4.78, 5) is 19.5. The Kier molecular flexibility index (Phi) is 3.57. The van der Waals surface area contributed by atoms with Gasteiger partial charge < -0.3 is 19.3 Å². The average Bonchev–Trinajstić information content (AvgIpc) is 3.33. The smallest absolute Gasteiger partial charge is 0.316 e. The van der Waals surface area contributed by atoms with E-state index in [1.807, 2.05) is 37.4 Å². The standard InChI is InChI=1S/C17H15N5O3/c1-9-13(10(2)24-21-9)8-19-16(23)17-20-15(22-25-17)12-4-3-11-5-6-18-14(11)7-12/h3-7,18H,8H2,1-2H3,(H,19,23). The first kappa shape index (κ1) is 15.1. The fraction of sp³-hybridized carbons (Fsp3) is 0.176. The van der Waals surface area contributed by atoms with Crippen molar-refractivity contribution in [2.24, 2.45) is 0 Å². The first-order chi connectivity index (χ1) is 12.1. The Labute approximate surface area is 142 Å². The Morgan fingerprint density at radius 1 is 1.20 bits per heavy atom. The van der Waals surface area contributed by atoms with E-state index in [0.717, 1.165) is 27.7 Å². The van der Waals surface area contributed by atoms with Gasteiger partial charge in [-0.1, -0.05) is 22.4 Å². The summed E-state index contributed by atoms with van der Waals surface area (Å²) in [6.45, 7) is 3.90. The zero-order valence-corrected chi connectivity index (χ0v) is 13.7. The molecular formula is C17H15N5O3. The molecule has 0 fully saturated rings. The van der Waals surface area contributed by atoms with Gasteiger partial charge in [0.15, 0.2) is 0 Å². The van der Waals surface area contributed by atoms with Crippen molar-refractivity contribution in [1.29, 1.82) is 0 Å². The molecule has 0 saturated heterocycles. The number of hydrogen-bond acceptors (Lipinski definition) is 6. The van der Waals surface area contributed by atoms with Gasteiger partial charge in [-0.25, -0.2) is 0 Å². The van der Waals surface area contributed by atoms with Crippen molar-refractivity contribution in [2.45, 2.75) is 20.4 Å². The highest BCUT2D eigenvalue weighted by atomic mass is 16.5. The number of aromatic amines is 1. The van der Waals surface area contributed by atoms with Gasteiger partial charge in [0.05, 0.1) is 5.69 Å². The average molecular weight is 337 g/mol. The topological polar surface area (TPSA) is 110 Å². The Hall–Kier alpha value is -3.42. The number of carbonyl (C=O) groups excluding carboxylic acids is 1. The molecule has 0 aliphatic carbocycles. The maximum Gasteiger partial charge on any atom is 0.316 e. The number of aryl methyl sites for hydroxylation is 2. The second-order valence-electron chi connectivity index (χ2n) is 5.69. The van der Waals surface area contributed by atoms with Crippen LogP contribution in [0, 0.1) is 13.8 Å². The van der Waals surface area contributed by atoms with Crippen molar-refractivity contribution < 1.29 is 13.8 Å². The molecule has 1 amide bonds. The van der Waals surface area contributed by atoms with Crippen LogP contribution in [0.4, 0.5) is 0 Å². The minimum Gasteiger partial charge on any atom is -0.361 e. The molecular weight excluding hydrogens is 322 g/mol. The van der Waals surface area contributed by atoms with Crippen LogP contribution in [0.3, 0.4) is 0 Å². The van der Waals surface area contributed by atoms with E-state index in [1.54, 1.807) is 6.92 Å². The highest BCUT2D eigenvalue weighted by Gasteiger charge is 2.18. The molecule has 4 aromatic rings. The summed E-state index contributed by atoms with van der Waals surface area (Å²) in [5.41, 5.74) is 3.31. The molecule has 8 nitrogen and oxygen atoms in total. The van der Waals surface area contributed by atoms with Gasteiger partial charge in [0, 0.05) is 29.4 Å². The first-order valence-corrected chi connectivity index (χ1v) is 7.73. The van der Waals surface area contributed by atoms with E-state index in [2.05, 4.69) is 25.6 Å². The van der Waals surface area contributed by atoms with Crippen molar-refractivity contribution >= 4 is 16.8 Å². The summed E-state index contributed by atoms with van der Waals surface area (Å²) in [5, 5.41) is 11.6. The molecule has 0 bridgehead atoms. The number of aromatic nitrogens is 4. The van der Waals surface area contributed by atoms with Gasteiger partial charge in [-0.05, 0) is 31.4 Å². The van der Waals surface area contributed by atoms with Crippen LogP contribution in [0.15, 0.2) is 39.5 Å². The van der Waals surface area contributed by atoms with E-state index in [-0.39, 0.29) is 12.4 Å². The van der Waals surface area contributed by atoms with Crippen molar-refractivity contribution in [3.8, 4) is 11.4 Å². The summed E-state index contributed by atoms with van der Waals surface area (Å²) in [7, 11) is 0. The number of rotatable bonds is 4. The van der Waals surface area contributed by atoms with Crippen LogP contribution in [0.2, 0.25) is 0 Å². The van der Waals surface area contributed by atoms with Crippen molar-refractivity contribution in [3.05, 3.63) is 53.4 Å². The Morgan fingerprint density at radius 3 is 2.88 bits per heavy atom. The molecule has 0 radical (unpaired) electrons. The molecule has 25 heavy (non-hydrogen) atoms. The number of amides is 1. The van der Waals surface area contributed by atoms with Crippen molar-refractivity contribution in [2.75, 3.05) is 0 Å². The quantitative estimate of drug-likeness (QED) is 0.592. The third-order valence-corrected chi connectivity index (χ3v) is 4.04. The van der Waals surface area contributed by atoms with Gasteiger partial charge in [0.2, 0.25) is 5.82 Å². The van der Waals surface area contributed by atoms with Gasteiger partial charge in [0.25, 0.3) is 0 Å². The van der Waals surface area contributed by atoms with E-state index < -0.39 is 5.91 Å². The molecule has 2 N–H and O–H groups in total. The van der Waals surface area contributed by atoms with Crippen LogP contribution < -0.4 is 5.32 Å². The lowest BCUT2D eigenvalue weighted by Crippen LogP contribution is -2.23. The third kappa shape index (κ3) is 2.78. The zero-order chi connectivity index (χ0) is 17.4. The van der Waals surface area contributed by atoms with Crippen LogP contribution in [0.25, 0.3) is 22.3 Å². The van der Waals surface area contributed by atoms with E-state index in [0.29, 0.717) is 11.6 Å². The first-order valence-electron chi connectivity index (χ1n) is 7.73. The van der Waals surface area contributed by atoms with E-state index in [4.69, 9.17) is 9.05 Å². The van der Waals surface area contributed by atoms with Crippen LogP contribution in [0.5, 0.6) is 0 Å². The molecule has 4 rings (SSSR count). The molecule has 1 aromatic carbocycles. The third-order valence-electron chi connectivity index (χ3n) is 4.04. The number of hydrogen-bond donors (Lipinski definition) is 2. The predicted molar refractivity (Wildman–Crippen MR) is 88.7 cm³/mol. The SMILES string of the molecule is Cc1noc(C)c1CNC(=O)c1nc(-c2ccc3cc[nH]c3c2)no1. The molecule has 126 valence electrons. The Morgan fingerprint density at radius 2 is 2.08 bits per heavy atom. The molecule has 0 unspecified atom stereocenters. The van der Waals surface area contributed by atoms with Crippen molar-refractivity contribution in [3.63, 3.8) is 0 Å². The second-order valence-corrected chi connectivity index (χ2v) is 5.69. The largest absolute Gasteiger partial charge is 0.361 e. The second kappa shape index (κ2) is 5.90. The monoisotopic (exact) mass is 337 g/mol. The molecule has 8 heteroatoms. The molecule has 0 spiro atoms. The van der Waals surface area contributed by atoms with Crippen LogP contribution >= 0.6 is 0 Å². The maximum atomic E-state index is 12.2. The molecule has 0 atom stereocenters. The van der Waals surface area contributed by atoms with Crippen LogP contribution in [0.1, 0.15) is 27.7 Å². The molecule has 0 aliphatic rings. The Bertz CT molecular complexity index is 1040. The van der Waals surface area contributed by atoms with E-state index in [1.165, 1.54) is 0 Å². The van der Waals surface area contributed by atoms with Crippen LogP contribution in [-0.4, -0.2) is 26.2 Å². The summed E-state index contributed by atoms with van der Waals surface area (Å²) in [5.74, 6) is 0.496. The zero-order valence-electron chi connectivity index (χ0n) is 13.7. The number of carbonyl (C=O) groups is 1. The van der Waals surface area contributed by atoms with Gasteiger partial charge in [0.1, 0.15) is 5.76 Å². The molecule has 3 heterocycles. The summed E-state index contributed by atoms with van der Waals surface area (Å²) >= 11 is 0. The van der Waals surface area contributed by atoms with E-state index in [9.17, 15) is 4.79 Å². The molecule has 0 saturated carbocycles. The molecule has 0 aliphatic heterocycles. The lowest BCUT2D eigenvalue weighted by molar-refractivity contribution is 0.0907. The number of nitrogens with one attached hydrogen (secondary N) is 2. The number of H-pyrrole nitrogens is 1. The highest BCUT2D eigenvalue weighted by Crippen LogP contribution is 2.21. The van der Waals surface area contributed by atoms with E-state index >= 15 is 0 Å². The van der Waals surface area contributed by atoms with Gasteiger partial charge in [-0.3, -0.25) is 4.79 Å².